The summed E-state index contributed by atoms with van der Waals surface area (Å²) in [7, 11) is 1.67. The van der Waals surface area contributed by atoms with Gasteiger partial charge in [0.15, 0.2) is 0 Å². The fourth-order valence-corrected chi connectivity index (χ4v) is 1.61. The average Bonchev–Trinajstić information content (AvgIpc) is 2.37. The van der Waals surface area contributed by atoms with Crippen molar-refractivity contribution in [2.24, 2.45) is 11.7 Å². The third kappa shape index (κ3) is 4.03. The maximum atomic E-state index is 12.0. The second-order valence-electron chi connectivity index (χ2n) is 4.89. The van der Waals surface area contributed by atoms with Crippen molar-refractivity contribution in [1.29, 1.82) is 0 Å². The first kappa shape index (κ1) is 15.1. The number of nitrogens with two attached hydrogens (primary N) is 1. The molecule has 0 spiro atoms. The summed E-state index contributed by atoms with van der Waals surface area (Å²) in [6.45, 7) is 4.17. The zero-order valence-electron chi connectivity index (χ0n) is 11.4. The van der Waals surface area contributed by atoms with Gasteiger partial charge in [0.25, 0.3) is 5.69 Å². The number of hydrogen-bond acceptors (Lipinski definition) is 4. The van der Waals surface area contributed by atoms with Gasteiger partial charge >= 0.3 is 0 Å². The Labute approximate surface area is 112 Å². The molecule has 0 aliphatic heterocycles. The Balaban J connectivity index is 2.69. The molecule has 19 heavy (non-hydrogen) atoms. The molecule has 0 radical (unpaired) electrons. The molecule has 1 atom stereocenters. The van der Waals surface area contributed by atoms with E-state index >= 15 is 0 Å². The largest absolute Gasteiger partial charge is 0.340 e. The predicted octanol–water partition coefficient (Wildman–Crippen LogP) is 1.54. The molecule has 1 amide bonds. The van der Waals surface area contributed by atoms with Gasteiger partial charge in [-0.2, -0.15) is 0 Å². The van der Waals surface area contributed by atoms with Crippen LogP contribution in [0.25, 0.3) is 0 Å². The lowest BCUT2D eigenvalue weighted by molar-refractivity contribution is -0.384. The molecule has 0 aliphatic rings. The molecule has 1 aromatic carbocycles. The van der Waals surface area contributed by atoms with Crippen molar-refractivity contribution in [3.63, 3.8) is 0 Å². The van der Waals surface area contributed by atoms with Gasteiger partial charge in [0.1, 0.15) is 0 Å². The Bertz CT molecular complexity index is 457. The highest BCUT2D eigenvalue weighted by Crippen LogP contribution is 2.13. The molecular weight excluding hydrogens is 246 g/mol. The molecule has 0 aliphatic carbocycles. The first-order valence-corrected chi connectivity index (χ1v) is 6.06. The highest BCUT2D eigenvalue weighted by Gasteiger charge is 2.21. The number of nitro groups is 1. The van der Waals surface area contributed by atoms with Crippen molar-refractivity contribution in [3.05, 3.63) is 39.9 Å². The lowest BCUT2D eigenvalue weighted by atomic mass is 10.0. The smallest absolute Gasteiger partial charge is 0.269 e. The van der Waals surface area contributed by atoms with Crippen LogP contribution in [-0.2, 0) is 11.3 Å². The van der Waals surface area contributed by atoms with Crippen LogP contribution < -0.4 is 5.73 Å². The van der Waals surface area contributed by atoms with Gasteiger partial charge in [-0.3, -0.25) is 14.9 Å². The first-order chi connectivity index (χ1) is 8.82. The summed E-state index contributed by atoms with van der Waals surface area (Å²) in [6.07, 6.45) is 0. The minimum absolute atomic E-state index is 0.0385. The Morgan fingerprint density at radius 3 is 2.32 bits per heavy atom. The van der Waals surface area contributed by atoms with Gasteiger partial charge in [0.2, 0.25) is 5.91 Å². The van der Waals surface area contributed by atoms with Crippen molar-refractivity contribution in [2.75, 3.05) is 7.05 Å². The van der Waals surface area contributed by atoms with E-state index in [1.165, 1.54) is 17.0 Å². The summed E-state index contributed by atoms with van der Waals surface area (Å²) in [5.74, 6) is -0.0554. The van der Waals surface area contributed by atoms with Crippen molar-refractivity contribution in [3.8, 4) is 0 Å². The fourth-order valence-electron chi connectivity index (χ4n) is 1.61. The highest BCUT2D eigenvalue weighted by molar-refractivity contribution is 5.81. The molecule has 1 unspecified atom stereocenters. The summed E-state index contributed by atoms with van der Waals surface area (Å²) in [5, 5.41) is 10.5. The normalized spacial score (nSPS) is 12.3. The van der Waals surface area contributed by atoms with Gasteiger partial charge in [-0.25, -0.2) is 0 Å². The zero-order valence-corrected chi connectivity index (χ0v) is 11.4. The number of benzene rings is 1. The van der Waals surface area contributed by atoms with Crippen LogP contribution in [0.2, 0.25) is 0 Å². The lowest BCUT2D eigenvalue weighted by Crippen LogP contribution is -2.44. The van der Waals surface area contributed by atoms with Crippen LogP contribution in [0.1, 0.15) is 19.4 Å². The number of hydrogen-bond donors (Lipinski definition) is 1. The van der Waals surface area contributed by atoms with Gasteiger partial charge in [-0.05, 0) is 11.5 Å². The lowest BCUT2D eigenvalue weighted by Gasteiger charge is -2.23. The number of carbonyl (C=O) groups excluding carboxylic acids is 1. The Kier molecular flexibility index (Phi) is 5.00. The molecule has 1 aromatic rings. The number of amides is 1. The van der Waals surface area contributed by atoms with Crippen molar-refractivity contribution in [1.82, 2.24) is 4.90 Å². The summed E-state index contributed by atoms with van der Waals surface area (Å²) in [4.78, 5) is 23.6. The van der Waals surface area contributed by atoms with E-state index in [0.717, 1.165) is 5.56 Å². The molecule has 0 heterocycles. The number of likely N-dealkylation sites (N-methyl/N-ethyl adjacent to an activating group) is 1. The fraction of sp³-hybridized carbons (Fsp3) is 0.462. The summed E-state index contributed by atoms with van der Waals surface area (Å²) >= 11 is 0. The van der Waals surface area contributed by atoms with Crippen molar-refractivity contribution < 1.29 is 9.72 Å². The monoisotopic (exact) mass is 265 g/mol. The molecule has 6 nitrogen and oxygen atoms in total. The van der Waals surface area contributed by atoms with E-state index in [0.29, 0.717) is 6.54 Å². The summed E-state index contributed by atoms with van der Waals surface area (Å²) in [5.41, 5.74) is 6.67. The van der Waals surface area contributed by atoms with Gasteiger partial charge in [0.05, 0.1) is 11.0 Å². The quantitative estimate of drug-likeness (QED) is 0.646. The standard InChI is InChI=1S/C13H19N3O3/c1-9(2)12(14)13(17)15(3)8-10-4-6-11(7-5-10)16(18)19/h4-7,9,12H,8,14H2,1-3H3. The predicted molar refractivity (Wildman–Crippen MR) is 72.4 cm³/mol. The maximum absolute atomic E-state index is 12.0. The molecule has 2 N–H and O–H groups in total. The number of nitrogens with zero attached hydrogens (tertiary/aromatic N) is 2. The third-order valence-corrected chi connectivity index (χ3v) is 2.95. The molecule has 0 fully saturated rings. The topological polar surface area (TPSA) is 89.5 Å². The van der Waals surface area contributed by atoms with Crippen LogP contribution in [0, 0.1) is 16.0 Å². The summed E-state index contributed by atoms with van der Waals surface area (Å²) in [6, 6.07) is 5.61. The van der Waals surface area contributed by atoms with Gasteiger partial charge in [-0.15, -0.1) is 0 Å². The minimum Gasteiger partial charge on any atom is -0.340 e. The molecule has 0 saturated carbocycles. The van der Waals surface area contributed by atoms with E-state index in [1.807, 2.05) is 13.8 Å². The van der Waals surface area contributed by atoms with E-state index < -0.39 is 11.0 Å². The number of carbonyl (C=O) groups is 1. The second kappa shape index (κ2) is 6.29. The van der Waals surface area contributed by atoms with Crippen LogP contribution in [0.5, 0.6) is 0 Å². The molecular formula is C13H19N3O3. The minimum atomic E-state index is -0.525. The Morgan fingerprint density at radius 2 is 1.89 bits per heavy atom. The molecule has 104 valence electrons. The number of nitro benzene ring substituents is 1. The van der Waals surface area contributed by atoms with Crippen LogP contribution >= 0.6 is 0 Å². The van der Waals surface area contributed by atoms with E-state index in [9.17, 15) is 14.9 Å². The molecule has 1 rings (SSSR count). The van der Waals surface area contributed by atoms with Crippen molar-refractivity contribution >= 4 is 11.6 Å². The molecule has 0 aromatic heterocycles. The number of rotatable bonds is 5. The van der Waals surface area contributed by atoms with E-state index in [1.54, 1.807) is 19.2 Å². The molecule has 0 bridgehead atoms. The van der Waals surface area contributed by atoms with Gasteiger partial charge in [0, 0.05) is 25.7 Å². The van der Waals surface area contributed by atoms with E-state index in [-0.39, 0.29) is 17.5 Å². The van der Waals surface area contributed by atoms with E-state index in [2.05, 4.69) is 0 Å². The van der Waals surface area contributed by atoms with Crippen LogP contribution in [0.15, 0.2) is 24.3 Å². The van der Waals surface area contributed by atoms with Gasteiger partial charge in [-0.1, -0.05) is 26.0 Å². The van der Waals surface area contributed by atoms with Crippen molar-refractivity contribution in [2.45, 2.75) is 26.4 Å². The van der Waals surface area contributed by atoms with Crippen LogP contribution in [0.4, 0.5) is 5.69 Å². The SMILES string of the molecule is CC(C)C(N)C(=O)N(C)Cc1ccc([N+](=O)[O-])cc1. The number of non-ortho nitro benzene ring substituents is 1. The van der Waals surface area contributed by atoms with E-state index in [4.69, 9.17) is 5.73 Å². The molecule has 6 heteroatoms. The highest BCUT2D eigenvalue weighted by atomic mass is 16.6. The van der Waals surface area contributed by atoms with Crippen LogP contribution in [0.3, 0.4) is 0 Å². The Hall–Kier alpha value is -1.95. The zero-order chi connectivity index (χ0) is 14.6. The first-order valence-electron chi connectivity index (χ1n) is 6.06. The molecule has 0 saturated heterocycles. The average molecular weight is 265 g/mol. The summed E-state index contributed by atoms with van der Waals surface area (Å²) < 4.78 is 0. The maximum Gasteiger partial charge on any atom is 0.269 e. The van der Waals surface area contributed by atoms with Crippen LogP contribution in [-0.4, -0.2) is 28.8 Å². The second-order valence-corrected chi connectivity index (χ2v) is 4.89. The third-order valence-electron chi connectivity index (χ3n) is 2.95. The van der Waals surface area contributed by atoms with Gasteiger partial charge < -0.3 is 10.6 Å². The Morgan fingerprint density at radius 1 is 1.37 bits per heavy atom.